The first-order chi connectivity index (χ1) is 17.5. The second kappa shape index (κ2) is 14.6. The van der Waals surface area contributed by atoms with E-state index in [1.807, 2.05) is 42.2 Å². The topological polar surface area (TPSA) is 72.9 Å². The number of imide groups is 1. The fraction of sp³-hybridized carbons (Fsp3) is 0.700. The van der Waals surface area contributed by atoms with E-state index in [0.717, 1.165) is 44.1 Å². The van der Waals surface area contributed by atoms with Crippen molar-refractivity contribution < 1.29 is 28.3 Å². The second-order valence-electron chi connectivity index (χ2n) is 11.5. The minimum Gasteiger partial charge on any atom is -0.459 e. The molecule has 0 bridgehead atoms. The van der Waals surface area contributed by atoms with Crippen LogP contribution in [-0.2, 0) is 25.7 Å². The molecule has 7 nitrogen and oxygen atoms in total. The Kier molecular flexibility index (Phi) is 12.2. The molecule has 37 heavy (non-hydrogen) atoms. The van der Waals surface area contributed by atoms with Crippen molar-refractivity contribution >= 4 is 17.9 Å². The summed E-state index contributed by atoms with van der Waals surface area (Å²) in [4.78, 5) is 43.1. The highest BCUT2D eigenvalue weighted by molar-refractivity contribution is 5.98. The Morgan fingerprint density at radius 1 is 1.05 bits per heavy atom. The highest BCUT2D eigenvalue weighted by Gasteiger charge is 2.51. The monoisotopic (exact) mass is 517 g/mol. The molecule has 0 aromatic heterocycles. The standard InChI is InChI=1S/C30H49N2O5/c1-7-9-10-14-19-26(28(34)37-30(3,4)5)27(33)32(6,21-8-2)29(35)31-20-15-18-25(31)23-36-22-24-16-12-11-13-17-24/h11-13,16-17,25-26H,7-10,14-15,18-23H2,1-6H3/q+1. The average Bonchev–Trinajstić information content (AvgIpc) is 3.31. The molecular weight excluding hydrogens is 468 g/mol. The van der Waals surface area contributed by atoms with Gasteiger partial charge in [0.05, 0.1) is 32.8 Å². The fourth-order valence-corrected chi connectivity index (χ4v) is 5.01. The van der Waals surface area contributed by atoms with E-state index in [4.69, 9.17) is 9.47 Å². The molecular formula is C30H49N2O5+. The van der Waals surface area contributed by atoms with E-state index in [2.05, 4.69) is 6.92 Å². The van der Waals surface area contributed by atoms with Gasteiger partial charge in [-0.15, -0.1) is 0 Å². The van der Waals surface area contributed by atoms with E-state index >= 15 is 0 Å². The molecule has 1 heterocycles. The quantitative estimate of drug-likeness (QED) is 0.137. The zero-order valence-electron chi connectivity index (χ0n) is 24.0. The van der Waals surface area contributed by atoms with Gasteiger partial charge in [-0.3, -0.25) is 9.69 Å². The van der Waals surface area contributed by atoms with Crippen molar-refractivity contribution in [2.24, 2.45) is 5.92 Å². The third-order valence-electron chi connectivity index (χ3n) is 6.96. The van der Waals surface area contributed by atoms with Crippen LogP contribution in [0.15, 0.2) is 30.3 Å². The van der Waals surface area contributed by atoms with Crippen molar-refractivity contribution in [3.05, 3.63) is 35.9 Å². The van der Waals surface area contributed by atoms with Gasteiger partial charge in [0.25, 0.3) is 0 Å². The van der Waals surface area contributed by atoms with Crippen LogP contribution >= 0.6 is 0 Å². The summed E-state index contributed by atoms with van der Waals surface area (Å²) >= 11 is 0. The number of quaternary nitrogens is 1. The van der Waals surface area contributed by atoms with Gasteiger partial charge >= 0.3 is 17.9 Å². The lowest BCUT2D eigenvalue weighted by Gasteiger charge is -2.36. The van der Waals surface area contributed by atoms with Gasteiger partial charge in [-0.2, -0.15) is 4.48 Å². The molecule has 1 aliphatic heterocycles. The van der Waals surface area contributed by atoms with Gasteiger partial charge in [0.2, 0.25) is 0 Å². The maximum Gasteiger partial charge on any atom is 0.426 e. The SMILES string of the molecule is CCCCCCC(C(=O)OC(C)(C)C)C(=O)[N+](C)(CCC)C(=O)N1CCCC1COCc1ccccc1. The van der Waals surface area contributed by atoms with Gasteiger partial charge in [0.1, 0.15) is 5.60 Å². The molecule has 0 spiro atoms. The minimum atomic E-state index is -0.952. The Balaban J connectivity index is 2.19. The smallest absolute Gasteiger partial charge is 0.426 e. The van der Waals surface area contributed by atoms with Crippen LogP contribution in [0.5, 0.6) is 0 Å². The van der Waals surface area contributed by atoms with Crippen LogP contribution in [0.2, 0.25) is 0 Å². The number of urea groups is 1. The van der Waals surface area contributed by atoms with Crippen LogP contribution in [0.1, 0.15) is 91.5 Å². The molecule has 208 valence electrons. The van der Waals surface area contributed by atoms with Gasteiger partial charge in [-0.05, 0) is 52.0 Å². The molecule has 0 radical (unpaired) electrons. The molecule has 3 atom stereocenters. The minimum absolute atomic E-state index is 0.0807. The number of benzene rings is 1. The lowest BCUT2D eigenvalue weighted by molar-refractivity contribution is -0.758. The van der Waals surface area contributed by atoms with Crippen LogP contribution in [0.25, 0.3) is 0 Å². The summed E-state index contributed by atoms with van der Waals surface area (Å²) in [6.07, 6.45) is 6.58. The molecule has 0 N–H and O–H groups in total. The molecule has 1 aromatic rings. The fourth-order valence-electron chi connectivity index (χ4n) is 5.01. The maximum atomic E-state index is 14.0. The van der Waals surface area contributed by atoms with Crippen LogP contribution in [0.3, 0.4) is 0 Å². The first kappa shape index (κ1) is 31.0. The molecule has 7 heteroatoms. The molecule has 0 aliphatic carbocycles. The van der Waals surface area contributed by atoms with Gasteiger partial charge in [0.15, 0.2) is 5.92 Å². The van der Waals surface area contributed by atoms with Gasteiger partial charge in [0, 0.05) is 6.54 Å². The van der Waals surface area contributed by atoms with Crippen LogP contribution < -0.4 is 0 Å². The number of rotatable bonds is 13. The highest BCUT2D eigenvalue weighted by atomic mass is 16.6. The normalized spacial score (nSPS) is 18.3. The van der Waals surface area contributed by atoms with Crippen molar-refractivity contribution in [2.75, 3.05) is 26.7 Å². The second-order valence-corrected chi connectivity index (χ2v) is 11.5. The highest BCUT2D eigenvalue weighted by Crippen LogP contribution is 2.27. The number of carbonyl (C=O) groups excluding carboxylic acids is 3. The lowest BCUT2D eigenvalue weighted by atomic mass is 9.97. The van der Waals surface area contributed by atoms with E-state index in [1.165, 1.54) is 0 Å². The number of hydrogen-bond donors (Lipinski definition) is 0. The van der Waals surface area contributed by atoms with Crippen molar-refractivity contribution in [1.29, 1.82) is 0 Å². The number of ether oxygens (including phenoxy) is 2. The van der Waals surface area contributed by atoms with E-state index in [9.17, 15) is 14.4 Å². The van der Waals surface area contributed by atoms with Gasteiger partial charge in [-0.1, -0.05) is 69.9 Å². The van der Waals surface area contributed by atoms with E-state index in [0.29, 0.717) is 39.1 Å². The predicted octanol–water partition coefficient (Wildman–Crippen LogP) is 6.10. The number of esters is 1. The zero-order chi connectivity index (χ0) is 27.5. The average molecular weight is 518 g/mol. The summed E-state index contributed by atoms with van der Waals surface area (Å²) in [5, 5.41) is 0. The summed E-state index contributed by atoms with van der Waals surface area (Å²) in [5.74, 6) is -1.83. The first-order valence-corrected chi connectivity index (χ1v) is 14.1. The Labute approximate surface area is 224 Å². The number of unbranched alkanes of at least 4 members (excludes halogenated alkanes) is 3. The number of nitrogens with zero attached hydrogens (tertiary/aromatic N) is 2. The third-order valence-corrected chi connectivity index (χ3v) is 6.96. The largest absolute Gasteiger partial charge is 0.459 e. The lowest BCUT2D eigenvalue weighted by Crippen LogP contribution is -2.63. The summed E-state index contributed by atoms with van der Waals surface area (Å²) in [5.41, 5.74) is 0.385. The number of carbonyl (C=O) groups is 3. The molecule has 1 aliphatic rings. The van der Waals surface area contributed by atoms with Crippen LogP contribution in [0.4, 0.5) is 4.79 Å². The van der Waals surface area contributed by atoms with Crippen molar-refractivity contribution in [3.8, 4) is 0 Å². The molecule has 1 aromatic carbocycles. The zero-order valence-corrected chi connectivity index (χ0v) is 24.0. The summed E-state index contributed by atoms with van der Waals surface area (Å²) in [6.45, 7) is 11.4. The molecule has 2 rings (SSSR count). The molecule has 3 unspecified atom stereocenters. The molecule has 3 amide bonds. The number of amides is 3. The molecule has 1 saturated heterocycles. The summed E-state index contributed by atoms with van der Waals surface area (Å²) < 4.78 is 11.2. The van der Waals surface area contributed by atoms with Crippen molar-refractivity contribution in [1.82, 2.24) is 4.90 Å². The predicted molar refractivity (Wildman–Crippen MR) is 146 cm³/mol. The number of hydrogen-bond acceptors (Lipinski definition) is 5. The number of likely N-dealkylation sites (tertiary alicyclic amines) is 1. The van der Waals surface area contributed by atoms with Crippen LogP contribution in [-0.4, -0.2) is 65.7 Å². The molecule has 1 fully saturated rings. The van der Waals surface area contributed by atoms with Crippen molar-refractivity contribution in [2.45, 2.75) is 104 Å². The van der Waals surface area contributed by atoms with E-state index in [-0.39, 0.29) is 18.0 Å². The summed E-state index contributed by atoms with van der Waals surface area (Å²) in [6, 6.07) is 9.64. The Morgan fingerprint density at radius 3 is 2.38 bits per heavy atom. The van der Waals surface area contributed by atoms with Gasteiger partial charge < -0.3 is 9.47 Å². The first-order valence-electron chi connectivity index (χ1n) is 14.1. The van der Waals surface area contributed by atoms with Crippen LogP contribution in [0, 0.1) is 5.92 Å². The van der Waals surface area contributed by atoms with Gasteiger partial charge in [-0.25, -0.2) is 9.59 Å². The molecule has 0 saturated carbocycles. The Hall–Kier alpha value is -2.25. The van der Waals surface area contributed by atoms with E-state index in [1.54, 1.807) is 27.8 Å². The van der Waals surface area contributed by atoms with Crippen molar-refractivity contribution in [3.63, 3.8) is 0 Å². The maximum absolute atomic E-state index is 14.0. The summed E-state index contributed by atoms with van der Waals surface area (Å²) in [7, 11) is 1.68. The van der Waals surface area contributed by atoms with E-state index < -0.39 is 22.0 Å². The Morgan fingerprint density at radius 2 is 1.76 bits per heavy atom. The Bertz CT molecular complexity index is 866. The third kappa shape index (κ3) is 9.22.